The minimum Gasteiger partial charge on any atom is -0.456 e. The molecule has 232 valence electrons. The van der Waals surface area contributed by atoms with E-state index in [9.17, 15) is 0 Å². The van der Waals surface area contributed by atoms with Gasteiger partial charge in [0.05, 0.1) is 11.1 Å². The third-order valence-corrected chi connectivity index (χ3v) is 10.7. The zero-order valence-corrected chi connectivity index (χ0v) is 27.0. The molecule has 0 N–H and O–H groups in total. The molecule has 0 unspecified atom stereocenters. The van der Waals surface area contributed by atoms with Crippen LogP contribution in [0.3, 0.4) is 0 Å². The van der Waals surface area contributed by atoms with Crippen LogP contribution in [0.25, 0.3) is 76.9 Å². The molecule has 0 bridgehead atoms. The van der Waals surface area contributed by atoms with Crippen LogP contribution in [-0.4, -0.2) is 0 Å². The largest absolute Gasteiger partial charge is 0.456 e. The predicted octanol–water partition coefficient (Wildman–Crippen LogP) is 13.2. The highest BCUT2D eigenvalue weighted by molar-refractivity contribution is 6.22. The molecule has 0 saturated heterocycles. The quantitative estimate of drug-likeness (QED) is 0.195. The van der Waals surface area contributed by atoms with Crippen LogP contribution in [-0.2, 0) is 5.41 Å². The van der Waals surface area contributed by atoms with Gasteiger partial charge in [-0.25, -0.2) is 0 Å². The first-order valence-corrected chi connectivity index (χ1v) is 16.8. The summed E-state index contributed by atoms with van der Waals surface area (Å²) >= 11 is 0. The van der Waals surface area contributed by atoms with E-state index < -0.39 is 0 Å². The molecule has 4 nitrogen and oxygen atoms in total. The lowest BCUT2D eigenvalue weighted by atomic mass is 9.82. The molecule has 0 saturated carbocycles. The molecule has 11 rings (SSSR count). The van der Waals surface area contributed by atoms with Crippen LogP contribution in [0.5, 0.6) is 0 Å². The molecule has 7 aromatic carbocycles. The van der Waals surface area contributed by atoms with Gasteiger partial charge in [-0.2, -0.15) is 0 Å². The lowest BCUT2D eigenvalue weighted by Crippen LogP contribution is -2.16. The first-order valence-electron chi connectivity index (χ1n) is 16.8. The summed E-state index contributed by atoms with van der Waals surface area (Å²) < 4.78 is 19.6. The number of benzene rings is 7. The van der Waals surface area contributed by atoms with Gasteiger partial charge in [0, 0.05) is 43.7 Å². The highest BCUT2D eigenvalue weighted by atomic mass is 16.3. The lowest BCUT2D eigenvalue weighted by molar-refractivity contribution is 0.660. The van der Waals surface area contributed by atoms with Crippen molar-refractivity contribution in [3.05, 3.63) is 151 Å². The molecule has 0 amide bonds. The van der Waals surface area contributed by atoms with E-state index in [0.29, 0.717) is 0 Å². The summed E-state index contributed by atoms with van der Waals surface area (Å²) in [6.45, 7) is 4.65. The second-order valence-electron chi connectivity index (χ2n) is 13.7. The maximum atomic E-state index is 6.65. The summed E-state index contributed by atoms with van der Waals surface area (Å²) in [4.78, 5) is 2.33. The molecule has 4 heteroatoms. The second kappa shape index (κ2) is 9.42. The van der Waals surface area contributed by atoms with Gasteiger partial charge in [-0.15, -0.1) is 0 Å². The second-order valence-corrected chi connectivity index (χ2v) is 13.7. The van der Waals surface area contributed by atoms with Crippen LogP contribution in [0, 0.1) is 0 Å². The Kier molecular flexibility index (Phi) is 5.15. The highest BCUT2D eigenvalue weighted by Gasteiger charge is 2.36. The fourth-order valence-corrected chi connectivity index (χ4v) is 8.34. The summed E-state index contributed by atoms with van der Waals surface area (Å²) in [7, 11) is 0. The van der Waals surface area contributed by atoms with Gasteiger partial charge in [0.2, 0.25) is 0 Å². The van der Waals surface area contributed by atoms with Gasteiger partial charge in [0.15, 0.2) is 5.58 Å². The van der Waals surface area contributed by atoms with Gasteiger partial charge < -0.3 is 18.2 Å². The van der Waals surface area contributed by atoms with Crippen LogP contribution in [0.2, 0.25) is 0 Å². The molecule has 3 heterocycles. The van der Waals surface area contributed by atoms with Crippen molar-refractivity contribution >= 4 is 82.9 Å². The summed E-state index contributed by atoms with van der Waals surface area (Å²) in [6.07, 6.45) is 0. The smallest absolute Gasteiger partial charge is 0.159 e. The number of hydrogen-bond donors (Lipinski definition) is 0. The SMILES string of the molecule is CC1(C)c2ccccc2-c2ccc(N(c3ccc4oc5ccc6c7ccccc7oc6c5c4c3)c3cccc4c3oc3ccccc34)cc21. The topological polar surface area (TPSA) is 42.7 Å². The van der Waals surface area contributed by atoms with E-state index >= 15 is 0 Å². The molecule has 0 radical (unpaired) electrons. The van der Waals surface area contributed by atoms with E-state index in [-0.39, 0.29) is 5.41 Å². The van der Waals surface area contributed by atoms with Crippen molar-refractivity contribution in [1.29, 1.82) is 0 Å². The van der Waals surface area contributed by atoms with Crippen molar-refractivity contribution in [1.82, 2.24) is 0 Å². The third kappa shape index (κ3) is 3.58. The van der Waals surface area contributed by atoms with Gasteiger partial charge in [-0.05, 0) is 82.9 Å². The van der Waals surface area contributed by atoms with Crippen molar-refractivity contribution in [3.63, 3.8) is 0 Å². The predicted molar refractivity (Wildman–Crippen MR) is 201 cm³/mol. The first-order chi connectivity index (χ1) is 24.0. The highest BCUT2D eigenvalue weighted by Crippen LogP contribution is 2.52. The van der Waals surface area contributed by atoms with Gasteiger partial charge >= 0.3 is 0 Å². The van der Waals surface area contributed by atoms with Gasteiger partial charge in [0.1, 0.15) is 27.9 Å². The standard InChI is InChI=1S/C45H29NO3/c1-45(2)35-14-6-3-10-28(35)29-20-18-27(25-36(29)45)46(37-15-9-13-32-30-11-4-7-16-38(30)48-43(32)37)26-19-22-40-34(24-26)42-41(47-40)23-21-33-31-12-5-8-17-39(31)49-44(33)42/h3-25H,1-2H3. The zero-order chi connectivity index (χ0) is 32.4. The normalized spacial score (nSPS) is 13.7. The van der Waals surface area contributed by atoms with Crippen molar-refractivity contribution < 1.29 is 13.3 Å². The molecule has 10 aromatic rings. The van der Waals surface area contributed by atoms with E-state index in [0.717, 1.165) is 82.9 Å². The lowest BCUT2D eigenvalue weighted by Gasteiger charge is -2.28. The monoisotopic (exact) mass is 631 g/mol. The summed E-state index contributed by atoms with van der Waals surface area (Å²) in [6, 6.07) is 49.2. The number of anilines is 3. The third-order valence-electron chi connectivity index (χ3n) is 10.7. The Bertz CT molecular complexity index is 2990. The Morgan fingerprint density at radius 3 is 1.88 bits per heavy atom. The zero-order valence-electron chi connectivity index (χ0n) is 27.0. The molecule has 3 aromatic heterocycles. The van der Waals surface area contributed by atoms with Crippen molar-refractivity contribution in [3.8, 4) is 11.1 Å². The number of nitrogens with zero attached hydrogens (tertiary/aromatic N) is 1. The van der Waals surface area contributed by atoms with Crippen LogP contribution in [0.4, 0.5) is 17.1 Å². The van der Waals surface area contributed by atoms with Crippen molar-refractivity contribution in [2.24, 2.45) is 0 Å². The minimum atomic E-state index is -0.142. The average molecular weight is 632 g/mol. The van der Waals surface area contributed by atoms with Gasteiger partial charge in [0.25, 0.3) is 0 Å². The number of para-hydroxylation sites is 3. The van der Waals surface area contributed by atoms with E-state index in [2.05, 4.69) is 134 Å². The Hall–Kier alpha value is -6.26. The van der Waals surface area contributed by atoms with Crippen LogP contribution >= 0.6 is 0 Å². The van der Waals surface area contributed by atoms with Gasteiger partial charge in [-0.1, -0.05) is 92.7 Å². The van der Waals surface area contributed by atoms with E-state index in [4.69, 9.17) is 13.3 Å². The fourth-order valence-electron chi connectivity index (χ4n) is 8.34. The molecule has 0 fully saturated rings. The molecular weight excluding hydrogens is 602 g/mol. The summed E-state index contributed by atoms with van der Waals surface area (Å²) in [5.74, 6) is 0. The minimum absolute atomic E-state index is 0.142. The number of furan rings is 3. The van der Waals surface area contributed by atoms with Crippen LogP contribution in [0.15, 0.2) is 153 Å². The Balaban J connectivity index is 1.20. The molecule has 0 atom stereocenters. The van der Waals surface area contributed by atoms with Crippen LogP contribution in [0.1, 0.15) is 25.0 Å². The van der Waals surface area contributed by atoms with E-state index in [1.54, 1.807) is 0 Å². The maximum absolute atomic E-state index is 6.65. The molecule has 0 aliphatic heterocycles. The van der Waals surface area contributed by atoms with Crippen molar-refractivity contribution in [2.45, 2.75) is 19.3 Å². The fraction of sp³-hybridized carbons (Fsp3) is 0.0667. The summed E-state index contributed by atoms with van der Waals surface area (Å²) in [5.41, 5.74) is 13.2. The Morgan fingerprint density at radius 1 is 0.429 bits per heavy atom. The number of hydrogen-bond acceptors (Lipinski definition) is 4. The first kappa shape index (κ1) is 26.8. The average Bonchev–Trinajstić information content (AvgIpc) is 3.87. The van der Waals surface area contributed by atoms with Crippen LogP contribution < -0.4 is 4.90 Å². The Labute approximate surface area is 281 Å². The van der Waals surface area contributed by atoms with E-state index in [1.807, 2.05) is 24.3 Å². The molecule has 0 spiro atoms. The molecular formula is C45H29NO3. The van der Waals surface area contributed by atoms with Gasteiger partial charge in [-0.3, -0.25) is 0 Å². The van der Waals surface area contributed by atoms with E-state index in [1.165, 1.54) is 22.3 Å². The maximum Gasteiger partial charge on any atom is 0.159 e. The summed E-state index contributed by atoms with van der Waals surface area (Å²) in [5, 5.41) is 6.37. The molecule has 1 aliphatic rings. The van der Waals surface area contributed by atoms with Crippen molar-refractivity contribution in [2.75, 3.05) is 4.90 Å². The Morgan fingerprint density at radius 2 is 1.04 bits per heavy atom. The number of rotatable bonds is 3. The number of fused-ring (bicyclic) bond motifs is 13. The molecule has 49 heavy (non-hydrogen) atoms. The molecule has 1 aliphatic carbocycles.